The van der Waals surface area contributed by atoms with E-state index >= 15 is 0 Å². The second-order valence-electron chi connectivity index (χ2n) is 5.36. The predicted octanol–water partition coefficient (Wildman–Crippen LogP) is 3.74. The van der Waals surface area contributed by atoms with Crippen molar-refractivity contribution < 1.29 is 4.74 Å². The van der Waals surface area contributed by atoms with Crippen LogP contribution >= 0.6 is 11.6 Å². The van der Waals surface area contributed by atoms with E-state index in [1.165, 1.54) is 6.42 Å². The highest BCUT2D eigenvalue weighted by Crippen LogP contribution is 2.17. The van der Waals surface area contributed by atoms with E-state index in [2.05, 4.69) is 26.1 Å². The van der Waals surface area contributed by atoms with Crippen molar-refractivity contribution in [3.63, 3.8) is 0 Å². The van der Waals surface area contributed by atoms with Crippen LogP contribution in [0.25, 0.3) is 0 Å². The van der Waals surface area contributed by atoms with Gasteiger partial charge in [0.05, 0.1) is 0 Å². The number of hydrogen-bond acceptors (Lipinski definition) is 2. The molecule has 96 valence electrons. The Bertz CT molecular complexity index is 316. The van der Waals surface area contributed by atoms with Gasteiger partial charge in [-0.3, -0.25) is 0 Å². The van der Waals surface area contributed by atoms with Gasteiger partial charge in [0.15, 0.2) is 0 Å². The van der Waals surface area contributed by atoms with E-state index < -0.39 is 0 Å². The van der Waals surface area contributed by atoms with Gasteiger partial charge in [0.2, 0.25) is 0 Å². The molecule has 1 aromatic rings. The van der Waals surface area contributed by atoms with Crippen molar-refractivity contribution in [1.29, 1.82) is 0 Å². The summed E-state index contributed by atoms with van der Waals surface area (Å²) in [6, 6.07) is 7.45. The van der Waals surface area contributed by atoms with E-state index in [9.17, 15) is 0 Å². The third-order valence-corrected chi connectivity index (χ3v) is 2.66. The Kier molecular flexibility index (Phi) is 5.79. The molecule has 0 aliphatic heterocycles. The van der Waals surface area contributed by atoms with E-state index in [1.54, 1.807) is 0 Å². The molecule has 0 spiro atoms. The van der Waals surface area contributed by atoms with Gasteiger partial charge in [0, 0.05) is 11.6 Å². The van der Waals surface area contributed by atoms with Gasteiger partial charge in [-0.1, -0.05) is 32.4 Å². The lowest BCUT2D eigenvalue weighted by Gasteiger charge is -2.18. The van der Waals surface area contributed by atoms with Gasteiger partial charge in [-0.05, 0) is 42.6 Å². The van der Waals surface area contributed by atoms with Crippen molar-refractivity contribution in [3.8, 4) is 5.75 Å². The Morgan fingerprint density at radius 1 is 1.12 bits per heavy atom. The fourth-order valence-electron chi connectivity index (χ4n) is 1.36. The summed E-state index contributed by atoms with van der Waals surface area (Å²) in [5, 5.41) is 4.11. The molecule has 0 amide bonds. The largest absolute Gasteiger partial charge is 0.492 e. The summed E-state index contributed by atoms with van der Waals surface area (Å²) in [7, 11) is 0. The first-order chi connectivity index (χ1) is 7.97. The van der Waals surface area contributed by atoms with Crippen LogP contribution in [0.4, 0.5) is 0 Å². The Morgan fingerprint density at radius 3 is 2.35 bits per heavy atom. The predicted molar refractivity (Wildman–Crippen MR) is 73.9 cm³/mol. The van der Waals surface area contributed by atoms with E-state index in [0.29, 0.717) is 12.0 Å². The van der Waals surface area contributed by atoms with Gasteiger partial charge >= 0.3 is 0 Å². The molecule has 0 fully saturated rings. The van der Waals surface area contributed by atoms with E-state index in [1.807, 2.05) is 24.3 Å². The molecule has 0 aliphatic rings. The van der Waals surface area contributed by atoms with Gasteiger partial charge < -0.3 is 10.1 Å². The molecule has 2 nitrogen and oxygen atoms in total. The Balaban J connectivity index is 2.07. The fourth-order valence-corrected chi connectivity index (χ4v) is 1.49. The summed E-state index contributed by atoms with van der Waals surface area (Å²) >= 11 is 5.79. The molecule has 3 heteroatoms. The van der Waals surface area contributed by atoms with Gasteiger partial charge in [0.1, 0.15) is 12.4 Å². The van der Waals surface area contributed by atoms with Crippen LogP contribution in [0, 0.1) is 5.41 Å². The van der Waals surface area contributed by atoms with Crippen molar-refractivity contribution in [2.24, 2.45) is 5.41 Å². The van der Waals surface area contributed by atoms with Crippen LogP contribution in [0.15, 0.2) is 24.3 Å². The molecule has 0 saturated heterocycles. The lowest BCUT2D eigenvalue weighted by Crippen LogP contribution is -2.25. The maximum absolute atomic E-state index is 5.79. The van der Waals surface area contributed by atoms with Crippen LogP contribution in [0.3, 0.4) is 0 Å². The maximum atomic E-state index is 5.79. The smallest absolute Gasteiger partial charge is 0.119 e. The summed E-state index contributed by atoms with van der Waals surface area (Å²) in [5.74, 6) is 0.868. The zero-order chi connectivity index (χ0) is 12.7. The zero-order valence-electron chi connectivity index (χ0n) is 10.9. The van der Waals surface area contributed by atoms with Crippen molar-refractivity contribution in [2.45, 2.75) is 27.2 Å². The summed E-state index contributed by atoms with van der Waals surface area (Å²) in [4.78, 5) is 0. The highest BCUT2D eigenvalue weighted by Gasteiger charge is 2.08. The first-order valence-corrected chi connectivity index (χ1v) is 6.44. The van der Waals surface area contributed by atoms with E-state index in [-0.39, 0.29) is 0 Å². The molecule has 1 aromatic carbocycles. The highest BCUT2D eigenvalue weighted by molar-refractivity contribution is 6.30. The Labute approximate surface area is 109 Å². The molecule has 0 saturated carbocycles. The average molecular weight is 256 g/mol. The topological polar surface area (TPSA) is 21.3 Å². The molecule has 0 atom stereocenters. The van der Waals surface area contributed by atoms with Crippen LogP contribution < -0.4 is 10.1 Å². The van der Waals surface area contributed by atoms with E-state index in [4.69, 9.17) is 16.3 Å². The van der Waals surface area contributed by atoms with Crippen LogP contribution in [0.5, 0.6) is 5.75 Å². The molecule has 0 bridgehead atoms. The minimum atomic E-state index is 0.393. The van der Waals surface area contributed by atoms with Gasteiger partial charge in [-0.15, -0.1) is 0 Å². The number of nitrogens with one attached hydrogen (secondary N) is 1. The first kappa shape index (κ1) is 14.3. The standard InChI is InChI=1S/C14H22ClNO/c1-14(2,3)8-9-16-10-11-17-13-6-4-12(15)5-7-13/h4-7,16H,8-11H2,1-3H3. The van der Waals surface area contributed by atoms with Crippen LogP contribution in [-0.2, 0) is 0 Å². The van der Waals surface area contributed by atoms with Gasteiger partial charge in [0.25, 0.3) is 0 Å². The Hall–Kier alpha value is -0.730. The third kappa shape index (κ3) is 7.24. The first-order valence-electron chi connectivity index (χ1n) is 6.06. The third-order valence-electron chi connectivity index (χ3n) is 2.41. The number of benzene rings is 1. The summed E-state index contributed by atoms with van der Waals surface area (Å²) in [6.45, 7) is 9.34. The lowest BCUT2D eigenvalue weighted by molar-refractivity contribution is 0.304. The van der Waals surface area contributed by atoms with Crippen molar-refractivity contribution >= 4 is 11.6 Å². The molecular weight excluding hydrogens is 234 g/mol. The average Bonchev–Trinajstić information content (AvgIpc) is 2.24. The van der Waals surface area contributed by atoms with E-state index in [0.717, 1.165) is 23.9 Å². The SMILES string of the molecule is CC(C)(C)CCNCCOc1ccc(Cl)cc1. The zero-order valence-corrected chi connectivity index (χ0v) is 11.7. The molecule has 0 heterocycles. The second-order valence-corrected chi connectivity index (χ2v) is 5.80. The molecule has 0 radical (unpaired) electrons. The number of rotatable bonds is 6. The number of halogens is 1. The highest BCUT2D eigenvalue weighted by atomic mass is 35.5. The minimum absolute atomic E-state index is 0.393. The van der Waals surface area contributed by atoms with Crippen molar-refractivity contribution in [1.82, 2.24) is 5.32 Å². The Morgan fingerprint density at radius 2 is 1.76 bits per heavy atom. The molecule has 17 heavy (non-hydrogen) atoms. The van der Waals surface area contributed by atoms with Gasteiger partial charge in [-0.2, -0.15) is 0 Å². The monoisotopic (exact) mass is 255 g/mol. The summed E-state index contributed by atoms with van der Waals surface area (Å²) in [5.41, 5.74) is 0.393. The summed E-state index contributed by atoms with van der Waals surface area (Å²) in [6.07, 6.45) is 1.17. The second kappa shape index (κ2) is 6.87. The fraction of sp³-hybridized carbons (Fsp3) is 0.571. The van der Waals surface area contributed by atoms with Crippen LogP contribution in [0.1, 0.15) is 27.2 Å². The minimum Gasteiger partial charge on any atom is -0.492 e. The molecule has 1 rings (SSSR count). The quantitative estimate of drug-likeness (QED) is 0.782. The van der Waals surface area contributed by atoms with Crippen LogP contribution in [-0.4, -0.2) is 19.7 Å². The normalized spacial score (nSPS) is 11.5. The van der Waals surface area contributed by atoms with Crippen molar-refractivity contribution in [2.75, 3.05) is 19.7 Å². The lowest BCUT2D eigenvalue weighted by atomic mass is 9.92. The summed E-state index contributed by atoms with van der Waals surface area (Å²) < 4.78 is 5.57. The molecule has 0 aromatic heterocycles. The number of ether oxygens (including phenoxy) is 1. The van der Waals surface area contributed by atoms with Crippen molar-refractivity contribution in [3.05, 3.63) is 29.3 Å². The van der Waals surface area contributed by atoms with Gasteiger partial charge in [-0.25, -0.2) is 0 Å². The molecule has 0 unspecified atom stereocenters. The molecule has 0 aliphatic carbocycles. The van der Waals surface area contributed by atoms with Crippen LogP contribution in [0.2, 0.25) is 5.02 Å². The molecular formula is C14H22ClNO. The number of hydrogen-bond donors (Lipinski definition) is 1. The molecule has 1 N–H and O–H groups in total. The maximum Gasteiger partial charge on any atom is 0.119 e.